The molecule has 0 atom stereocenters. The van der Waals surface area contributed by atoms with Crippen LogP contribution in [0.15, 0.2) is 84.9 Å². The summed E-state index contributed by atoms with van der Waals surface area (Å²) in [6.45, 7) is 9.36. The quantitative estimate of drug-likeness (QED) is 0.420. The number of nitrogens with one attached hydrogen (secondary N) is 2. The van der Waals surface area contributed by atoms with Gasteiger partial charge in [0.25, 0.3) is 5.69 Å². The van der Waals surface area contributed by atoms with Crippen molar-refractivity contribution >= 4 is 5.69 Å². The summed E-state index contributed by atoms with van der Waals surface area (Å²) >= 11 is 0. The molecule has 0 aliphatic carbocycles. The van der Waals surface area contributed by atoms with Crippen LogP contribution in [-0.4, -0.2) is 67.1 Å². The fraction of sp³-hybridized carbons (Fsp3) is 0.357. The highest BCUT2D eigenvalue weighted by Gasteiger charge is 2.23. The van der Waals surface area contributed by atoms with Gasteiger partial charge in [-0.25, -0.2) is 0 Å². The molecular formula is C28H35N5O2. The Balaban J connectivity index is 0.000000168. The number of piperazine rings is 2. The maximum atomic E-state index is 10.5. The molecule has 2 heterocycles. The average molecular weight is 474 g/mol. The van der Waals surface area contributed by atoms with E-state index in [2.05, 4.69) is 81.1 Å². The summed E-state index contributed by atoms with van der Waals surface area (Å²) in [7, 11) is 0. The predicted molar refractivity (Wildman–Crippen MR) is 140 cm³/mol. The van der Waals surface area contributed by atoms with Crippen LogP contribution in [0.3, 0.4) is 0 Å². The minimum atomic E-state index is -0.366. The second-order valence-corrected chi connectivity index (χ2v) is 8.96. The molecule has 0 aromatic heterocycles. The van der Waals surface area contributed by atoms with Crippen LogP contribution in [0.4, 0.5) is 5.69 Å². The average Bonchev–Trinajstić information content (AvgIpc) is 2.92. The first-order chi connectivity index (χ1) is 17.2. The van der Waals surface area contributed by atoms with Crippen LogP contribution in [0.25, 0.3) is 0 Å². The van der Waals surface area contributed by atoms with E-state index in [-0.39, 0.29) is 10.6 Å². The number of hydrogen-bond donors (Lipinski definition) is 2. The van der Waals surface area contributed by atoms with E-state index >= 15 is 0 Å². The summed E-state index contributed by atoms with van der Waals surface area (Å²) in [5.41, 5.74) is 4.06. The van der Waals surface area contributed by atoms with Crippen LogP contribution in [0.1, 0.15) is 22.7 Å². The molecule has 3 aromatic carbocycles. The maximum absolute atomic E-state index is 10.5. The number of nitro benzene ring substituents is 1. The Bertz CT molecular complexity index is 979. The summed E-state index contributed by atoms with van der Waals surface area (Å²) in [5.74, 6) is 0. The number of non-ortho nitro benzene ring substituents is 1. The Hall–Kier alpha value is -3.10. The molecule has 0 radical (unpaired) electrons. The van der Waals surface area contributed by atoms with Crippen molar-refractivity contribution < 1.29 is 4.92 Å². The Morgan fingerprint density at radius 2 is 1.20 bits per heavy atom. The first-order valence-electron chi connectivity index (χ1n) is 12.4. The smallest absolute Gasteiger partial charge is 0.269 e. The molecule has 0 unspecified atom stereocenters. The minimum Gasteiger partial charge on any atom is -0.314 e. The van der Waals surface area contributed by atoms with Gasteiger partial charge >= 0.3 is 0 Å². The zero-order valence-electron chi connectivity index (χ0n) is 20.2. The van der Waals surface area contributed by atoms with Crippen LogP contribution in [-0.2, 0) is 6.54 Å². The van der Waals surface area contributed by atoms with Gasteiger partial charge < -0.3 is 10.6 Å². The van der Waals surface area contributed by atoms with Crippen molar-refractivity contribution in [3.05, 3.63) is 112 Å². The maximum Gasteiger partial charge on any atom is 0.269 e. The minimum absolute atomic E-state index is 0.157. The van der Waals surface area contributed by atoms with Gasteiger partial charge in [-0.15, -0.1) is 0 Å². The molecule has 2 aliphatic heterocycles. The number of nitrogens with zero attached hydrogens (tertiary/aromatic N) is 3. The van der Waals surface area contributed by atoms with E-state index in [4.69, 9.17) is 0 Å². The molecule has 0 bridgehead atoms. The zero-order chi connectivity index (χ0) is 24.3. The molecule has 0 amide bonds. The van der Waals surface area contributed by atoms with Crippen LogP contribution < -0.4 is 10.6 Å². The van der Waals surface area contributed by atoms with Crippen LogP contribution in [0.2, 0.25) is 0 Å². The van der Waals surface area contributed by atoms with E-state index in [0.29, 0.717) is 6.04 Å². The second-order valence-electron chi connectivity index (χ2n) is 8.96. The zero-order valence-corrected chi connectivity index (χ0v) is 20.2. The molecule has 2 N–H and O–H groups in total. The number of benzene rings is 3. The van der Waals surface area contributed by atoms with Gasteiger partial charge in [0.15, 0.2) is 0 Å². The van der Waals surface area contributed by atoms with E-state index < -0.39 is 0 Å². The van der Waals surface area contributed by atoms with Crippen molar-refractivity contribution in [3.8, 4) is 0 Å². The van der Waals surface area contributed by atoms with Crippen LogP contribution in [0, 0.1) is 10.1 Å². The third-order valence-corrected chi connectivity index (χ3v) is 6.51. The molecule has 2 fully saturated rings. The largest absolute Gasteiger partial charge is 0.314 e. The first kappa shape index (κ1) is 25.0. The van der Waals surface area contributed by atoms with E-state index in [1.807, 2.05) is 12.1 Å². The lowest BCUT2D eigenvalue weighted by Crippen LogP contribution is -2.45. The molecule has 35 heavy (non-hydrogen) atoms. The summed E-state index contributed by atoms with van der Waals surface area (Å²) < 4.78 is 0. The highest BCUT2D eigenvalue weighted by Crippen LogP contribution is 2.28. The van der Waals surface area contributed by atoms with Gasteiger partial charge in [0.1, 0.15) is 0 Å². The highest BCUT2D eigenvalue weighted by molar-refractivity contribution is 5.33. The Kier molecular flexibility index (Phi) is 9.37. The van der Waals surface area contributed by atoms with Gasteiger partial charge in [-0.3, -0.25) is 19.9 Å². The molecule has 2 saturated heterocycles. The van der Waals surface area contributed by atoms with Crippen molar-refractivity contribution in [3.63, 3.8) is 0 Å². The van der Waals surface area contributed by atoms with Crippen molar-refractivity contribution in [2.24, 2.45) is 0 Å². The van der Waals surface area contributed by atoms with Gasteiger partial charge in [0.2, 0.25) is 0 Å². The Labute approximate surface area is 207 Å². The summed E-state index contributed by atoms with van der Waals surface area (Å²) in [5, 5.41) is 17.2. The molecule has 7 heteroatoms. The van der Waals surface area contributed by atoms with Crippen molar-refractivity contribution in [1.29, 1.82) is 0 Å². The monoisotopic (exact) mass is 473 g/mol. The third kappa shape index (κ3) is 7.44. The van der Waals surface area contributed by atoms with Gasteiger partial charge in [-0.2, -0.15) is 0 Å². The summed E-state index contributed by atoms with van der Waals surface area (Å²) in [6.07, 6.45) is 0. The first-order valence-corrected chi connectivity index (χ1v) is 12.4. The van der Waals surface area contributed by atoms with E-state index in [1.54, 1.807) is 12.1 Å². The molecule has 184 valence electrons. The molecule has 0 spiro atoms. The molecule has 2 aliphatic rings. The molecule has 3 aromatic rings. The van der Waals surface area contributed by atoms with E-state index in [0.717, 1.165) is 64.5 Å². The van der Waals surface area contributed by atoms with Crippen LogP contribution >= 0.6 is 0 Å². The Morgan fingerprint density at radius 1 is 0.714 bits per heavy atom. The van der Waals surface area contributed by atoms with Crippen molar-refractivity contribution in [2.75, 3.05) is 52.4 Å². The lowest BCUT2D eigenvalue weighted by molar-refractivity contribution is -0.384. The summed E-state index contributed by atoms with van der Waals surface area (Å²) in [4.78, 5) is 15.0. The summed E-state index contributed by atoms with van der Waals surface area (Å²) in [6, 6.07) is 28.8. The standard InChI is InChI=1S/C17H20N2.C11H15N3O2/c1-3-7-15(8-4-1)17(16-9-5-2-6-10-16)19-13-11-18-12-14-19;15-14(16)11-3-1-10(2-4-11)9-13-7-5-12-6-8-13/h1-10,17-18H,11-14H2;1-4,12H,5-9H2. The second kappa shape index (κ2) is 13.1. The lowest BCUT2D eigenvalue weighted by atomic mass is 9.96. The normalized spacial score (nSPS) is 16.9. The van der Waals surface area contributed by atoms with Crippen molar-refractivity contribution in [1.82, 2.24) is 20.4 Å². The van der Waals surface area contributed by atoms with Crippen molar-refractivity contribution in [2.45, 2.75) is 12.6 Å². The topological polar surface area (TPSA) is 73.7 Å². The SMILES string of the molecule is O=[N+]([O-])c1ccc(CN2CCNCC2)cc1.c1ccc(C(c2ccccc2)N2CCNCC2)cc1. The lowest BCUT2D eigenvalue weighted by Gasteiger charge is -2.35. The third-order valence-electron chi connectivity index (χ3n) is 6.51. The molecule has 0 saturated carbocycles. The fourth-order valence-corrected chi connectivity index (χ4v) is 4.68. The number of nitro groups is 1. The number of rotatable bonds is 6. The molecular weight excluding hydrogens is 438 g/mol. The van der Waals surface area contributed by atoms with Crippen LogP contribution in [0.5, 0.6) is 0 Å². The van der Waals surface area contributed by atoms with Gasteiger partial charge in [-0.05, 0) is 16.7 Å². The van der Waals surface area contributed by atoms with Gasteiger partial charge in [0.05, 0.1) is 11.0 Å². The molecule has 5 rings (SSSR count). The van der Waals surface area contributed by atoms with E-state index in [9.17, 15) is 10.1 Å². The fourth-order valence-electron chi connectivity index (χ4n) is 4.68. The number of hydrogen-bond acceptors (Lipinski definition) is 6. The Morgan fingerprint density at radius 3 is 1.69 bits per heavy atom. The van der Waals surface area contributed by atoms with Gasteiger partial charge in [-0.1, -0.05) is 72.8 Å². The highest BCUT2D eigenvalue weighted by atomic mass is 16.6. The van der Waals surface area contributed by atoms with Gasteiger partial charge in [0, 0.05) is 71.0 Å². The predicted octanol–water partition coefficient (Wildman–Crippen LogP) is 3.68. The van der Waals surface area contributed by atoms with E-state index in [1.165, 1.54) is 11.1 Å². The molecule has 7 nitrogen and oxygen atoms in total.